The normalized spacial score (nSPS) is 51.0. The Labute approximate surface area is 126 Å². The molecule has 4 heteroatoms. The Morgan fingerprint density at radius 1 is 1.29 bits per heavy atom. The van der Waals surface area contributed by atoms with Crippen LogP contribution >= 0.6 is 0 Å². The third-order valence-electron chi connectivity index (χ3n) is 5.95. The minimum absolute atomic E-state index is 0.0334. The highest BCUT2D eigenvalue weighted by Crippen LogP contribution is 2.68. The van der Waals surface area contributed by atoms with Crippen molar-refractivity contribution >= 4 is 5.97 Å². The second-order valence-electron chi connectivity index (χ2n) is 7.83. The number of esters is 1. The summed E-state index contributed by atoms with van der Waals surface area (Å²) in [5.41, 5.74) is -1.82. The monoisotopic (exact) mass is 294 g/mol. The van der Waals surface area contributed by atoms with Crippen molar-refractivity contribution in [2.45, 2.75) is 69.7 Å². The van der Waals surface area contributed by atoms with Crippen molar-refractivity contribution in [3.63, 3.8) is 0 Å². The number of rotatable bonds is 4. The Morgan fingerprint density at radius 2 is 1.90 bits per heavy atom. The van der Waals surface area contributed by atoms with E-state index in [1.165, 1.54) is 6.08 Å². The van der Waals surface area contributed by atoms with Gasteiger partial charge in [-0.05, 0) is 31.6 Å². The summed E-state index contributed by atoms with van der Waals surface area (Å²) in [5.74, 6) is -0.315. The van der Waals surface area contributed by atoms with Gasteiger partial charge < -0.3 is 14.6 Å². The topological polar surface area (TPSA) is 55.8 Å². The molecule has 5 atom stereocenters. The summed E-state index contributed by atoms with van der Waals surface area (Å²) in [5, 5.41) is 11.0. The van der Waals surface area contributed by atoms with E-state index in [0.29, 0.717) is 19.4 Å². The molecule has 0 aromatic carbocycles. The summed E-state index contributed by atoms with van der Waals surface area (Å²) in [4.78, 5) is 11.9. The lowest BCUT2D eigenvalue weighted by molar-refractivity contribution is -0.318. The van der Waals surface area contributed by atoms with Gasteiger partial charge in [0.15, 0.2) is 0 Å². The second-order valence-corrected chi connectivity index (χ2v) is 7.83. The molecule has 4 bridgehead atoms. The lowest BCUT2D eigenvalue weighted by Crippen LogP contribution is -2.74. The fraction of sp³-hybridized carbons (Fsp3) is 0.824. The van der Waals surface area contributed by atoms with Crippen molar-refractivity contribution in [1.82, 2.24) is 0 Å². The molecule has 0 aromatic heterocycles. The van der Waals surface area contributed by atoms with Gasteiger partial charge in [0.2, 0.25) is 0 Å². The summed E-state index contributed by atoms with van der Waals surface area (Å²) in [6, 6.07) is 0. The molecule has 0 amide bonds. The average molecular weight is 294 g/mol. The molecule has 4 aliphatic rings. The maximum absolute atomic E-state index is 11.9. The molecule has 0 heterocycles. The zero-order valence-electron chi connectivity index (χ0n) is 13.3. The maximum atomic E-state index is 11.9. The highest BCUT2D eigenvalue weighted by Gasteiger charge is 2.72. The first-order valence-electron chi connectivity index (χ1n) is 7.92. The van der Waals surface area contributed by atoms with E-state index >= 15 is 0 Å². The molecule has 4 rings (SSSR count). The molecule has 0 aromatic rings. The molecule has 21 heavy (non-hydrogen) atoms. The molecule has 4 aliphatic carbocycles. The number of hydrogen-bond acceptors (Lipinski definition) is 4. The summed E-state index contributed by atoms with van der Waals surface area (Å²) < 4.78 is 12.0. The van der Waals surface area contributed by atoms with Gasteiger partial charge in [-0.3, -0.25) is 0 Å². The first-order valence-corrected chi connectivity index (χ1v) is 7.92. The molecule has 0 aliphatic heterocycles. The molecule has 1 N–H and O–H groups in total. The van der Waals surface area contributed by atoms with Crippen LogP contribution in [0.25, 0.3) is 0 Å². The van der Waals surface area contributed by atoms with Crippen molar-refractivity contribution in [2.75, 3.05) is 6.61 Å². The van der Waals surface area contributed by atoms with E-state index in [-0.39, 0.29) is 16.9 Å². The van der Waals surface area contributed by atoms with E-state index in [9.17, 15) is 9.90 Å². The molecule has 0 saturated heterocycles. The first-order chi connectivity index (χ1) is 9.71. The van der Waals surface area contributed by atoms with Gasteiger partial charge in [-0.15, -0.1) is 0 Å². The van der Waals surface area contributed by atoms with Crippen LogP contribution in [0.15, 0.2) is 12.7 Å². The Balaban J connectivity index is 2.05. The molecule has 5 unspecified atom stereocenters. The minimum Gasteiger partial charge on any atom is -0.455 e. The van der Waals surface area contributed by atoms with Crippen molar-refractivity contribution in [3.8, 4) is 0 Å². The molecule has 4 nitrogen and oxygen atoms in total. The van der Waals surface area contributed by atoms with E-state index in [4.69, 9.17) is 9.47 Å². The zero-order chi connectivity index (χ0) is 15.5. The SMILES string of the molecule is C=CC(=O)OC12CC3(C)CC(O)(CC(OCC)(C3)C1C)C2. The lowest BCUT2D eigenvalue weighted by Gasteiger charge is -2.70. The van der Waals surface area contributed by atoms with Crippen molar-refractivity contribution in [3.05, 3.63) is 12.7 Å². The Bertz CT molecular complexity index is 465. The average Bonchev–Trinajstić information content (AvgIpc) is 2.33. The first kappa shape index (κ1) is 15.0. The predicted molar refractivity (Wildman–Crippen MR) is 78.7 cm³/mol. The van der Waals surface area contributed by atoms with E-state index in [0.717, 1.165) is 19.3 Å². The van der Waals surface area contributed by atoms with Gasteiger partial charge in [0, 0.05) is 31.4 Å². The van der Waals surface area contributed by atoms with Gasteiger partial charge in [0.1, 0.15) is 5.60 Å². The standard InChI is InChI=1S/C17H26O4/c1-5-13(18)21-17-9-14(4)7-15(19,11-17)10-16(8-14,12(17)3)20-6-2/h5,12,19H,1,6-11H2,2-4H3. The van der Waals surface area contributed by atoms with Crippen molar-refractivity contribution in [2.24, 2.45) is 11.3 Å². The van der Waals surface area contributed by atoms with Crippen LogP contribution in [-0.2, 0) is 14.3 Å². The lowest BCUT2D eigenvalue weighted by atomic mass is 9.42. The summed E-state index contributed by atoms with van der Waals surface area (Å²) in [6.07, 6.45) is 4.89. The Morgan fingerprint density at radius 3 is 2.48 bits per heavy atom. The van der Waals surface area contributed by atoms with Crippen LogP contribution < -0.4 is 0 Å². The van der Waals surface area contributed by atoms with Crippen LogP contribution in [0.3, 0.4) is 0 Å². The van der Waals surface area contributed by atoms with Crippen LogP contribution in [-0.4, -0.2) is 34.5 Å². The third kappa shape index (κ3) is 2.07. The van der Waals surface area contributed by atoms with Crippen molar-refractivity contribution < 1.29 is 19.4 Å². The Kier molecular flexibility index (Phi) is 3.10. The third-order valence-corrected chi connectivity index (χ3v) is 5.95. The second kappa shape index (κ2) is 4.32. The maximum Gasteiger partial charge on any atom is 0.330 e. The molecular formula is C17H26O4. The van der Waals surface area contributed by atoms with Gasteiger partial charge in [-0.1, -0.05) is 20.4 Å². The molecule has 0 spiro atoms. The molecule has 4 fully saturated rings. The number of carbonyl (C=O) groups excluding carboxylic acids is 1. The highest BCUT2D eigenvalue weighted by atomic mass is 16.6. The number of carbonyl (C=O) groups is 1. The van der Waals surface area contributed by atoms with E-state index in [2.05, 4.69) is 20.4 Å². The van der Waals surface area contributed by atoms with Crippen LogP contribution in [0.5, 0.6) is 0 Å². The van der Waals surface area contributed by atoms with Crippen LogP contribution in [0.2, 0.25) is 0 Å². The molecule has 0 radical (unpaired) electrons. The van der Waals surface area contributed by atoms with Gasteiger partial charge in [-0.2, -0.15) is 0 Å². The van der Waals surface area contributed by atoms with Gasteiger partial charge in [0.25, 0.3) is 0 Å². The predicted octanol–water partition coefficient (Wildman–Crippen LogP) is 2.59. The van der Waals surface area contributed by atoms with Crippen molar-refractivity contribution in [1.29, 1.82) is 0 Å². The van der Waals surface area contributed by atoms with Crippen LogP contribution in [0, 0.1) is 11.3 Å². The summed E-state index contributed by atoms with van der Waals surface area (Å²) in [6.45, 7) is 10.4. The number of hydrogen-bond donors (Lipinski definition) is 1. The van der Waals surface area contributed by atoms with Gasteiger partial charge in [0.05, 0.1) is 11.2 Å². The van der Waals surface area contributed by atoms with E-state index in [1.807, 2.05) is 6.92 Å². The summed E-state index contributed by atoms with van der Waals surface area (Å²) >= 11 is 0. The van der Waals surface area contributed by atoms with E-state index in [1.54, 1.807) is 0 Å². The number of aliphatic hydroxyl groups is 1. The fourth-order valence-corrected chi connectivity index (χ4v) is 5.86. The zero-order valence-corrected chi connectivity index (χ0v) is 13.3. The largest absolute Gasteiger partial charge is 0.455 e. The van der Waals surface area contributed by atoms with Gasteiger partial charge in [-0.25, -0.2) is 4.79 Å². The minimum atomic E-state index is -0.783. The fourth-order valence-electron chi connectivity index (χ4n) is 5.86. The highest BCUT2D eigenvalue weighted by molar-refractivity contribution is 5.81. The number of ether oxygens (including phenoxy) is 2. The van der Waals surface area contributed by atoms with Crippen LogP contribution in [0.1, 0.15) is 52.9 Å². The smallest absolute Gasteiger partial charge is 0.330 e. The van der Waals surface area contributed by atoms with Gasteiger partial charge >= 0.3 is 5.97 Å². The summed E-state index contributed by atoms with van der Waals surface area (Å²) in [7, 11) is 0. The molecule has 4 saturated carbocycles. The van der Waals surface area contributed by atoms with E-state index < -0.39 is 17.2 Å². The van der Waals surface area contributed by atoms with Crippen LogP contribution in [0.4, 0.5) is 0 Å². The molecule has 118 valence electrons. The quantitative estimate of drug-likeness (QED) is 0.639. The Hall–Kier alpha value is -0.870. The molecular weight excluding hydrogens is 268 g/mol.